The minimum absolute atomic E-state index is 0.0283. The van der Waals surface area contributed by atoms with Crippen LogP contribution in [0.4, 0.5) is 0 Å². The van der Waals surface area contributed by atoms with Crippen LogP contribution in [0, 0.1) is 0 Å². The lowest BCUT2D eigenvalue weighted by Crippen LogP contribution is -2.60. The summed E-state index contributed by atoms with van der Waals surface area (Å²) in [6.07, 6.45) is 0.384. The van der Waals surface area contributed by atoms with Crippen molar-refractivity contribution in [2.45, 2.75) is 38.8 Å². The van der Waals surface area contributed by atoms with Crippen LogP contribution in [0.1, 0.15) is 36.2 Å². The molecule has 2 N–H and O–H groups in total. The summed E-state index contributed by atoms with van der Waals surface area (Å²) in [5, 5.41) is 5.48. The van der Waals surface area contributed by atoms with E-state index in [0.717, 1.165) is 5.56 Å². The molecule has 1 atom stereocenters. The van der Waals surface area contributed by atoms with Gasteiger partial charge in [-0.2, -0.15) is 0 Å². The van der Waals surface area contributed by atoms with E-state index in [0.29, 0.717) is 30.8 Å². The van der Waals surface area contributed by atoms with Crippen LogP contribution in [0.2, 0.25) is 0 Å². The molecular weight excluding hydrogens is 454 g/mol. The van der Waals surface area contributed by atoms with Crippen LogP contribution >= 0.6 is 12.2 Å². The molecule has 1 fully saturated rings. The lowest BCUT2D eigenvalue weighted by molar-refractivity contribution is -0.147. The summed E-state index contributed by atoms with van der Waals surface area (Å²) in [5.74, 6) is -0.692. The Balaban J connectivity index is 1.58. The zero-order valence-corrected chi connectivity index (χ0v) is 20.1. The topological polar surface area (TPSA) is 97.0 Å². The summed E-state index contributed by atoms with van der Waals surface area (Å²) in [5.41, 5.74) is 1.43. The van der Waals surface area contributed by atoms with Gasteiger partial charge in [0.15, 0.2) is 5.11 Å². The molecule has 0 spiro atoms. The number of esters is 1. The van der Waals surface area contributed by atoms with Gasteiger partial charge in [0.05, 0.1) is 19.1 Å². The number of carbonyl (C=O) groups excluding carboxylic acids is 3. The molecule has 1 heterocycles. The lowest BCUT2D eigenvalue weighted by atomic mass is 10.1. The van der Waals surface area contributed by atoms with Gasteiger partial charge in [-0.25, -0.2) is 0 Å². The first-order valence-corrected chi connectivity index (χ1v) is 11.6. The number of hydrogen-bond acceptors (Lipinski definition) is 6. The molecule has 0 radical (unpaired) electrons. The van der Waals surface area contributed by atoms with Crippen LogP contribution in [-0.4, -0.2) is 59.6 Å². The van der Waals surface area contributed by atoms with Gasteiger partial charge in [-0.1, -0.05) is 36.4 Å². The van der Waals surface area contributed by atoms with E-state index >= 15 is 0 Å². The third kappa shape index (κ3) is 7.28. The summed E-state index contributed by atoms with van der Waals surface area (Å²) in [6, 6.07) is 15.6. The number of amides is 2. The van der Waals surface area contributed by atoms with Crippen LogP contribution in [0.15, 0.2) is 54.6 Å². The van der Waals surface area contributed by atoms with Crippen LogP contribution in [0.25, 0.3) is 0 Å². The second kappa shape index (κ2) is 12.1. The Hall–Kier alpha value is -3.46. The molecule has 0 aromatic heterocycles. The van der Waals surface area contributed by atoms with Crippen molar-refractivity contribution in [2.24, 2.45) is 0 Å². The fourth-order valence-corrected chi connectivity index (χ4v) is 3.84. The Labute approximate surface area is 204 Å². The number of thiocarbonyl (C=S) groups is 1. The zero-order valence-electron chi connectivity index (χ0n) is 19.3. The van der Waals surface area contributed by atoms with Gasteiger partial charge in [0, 0.05) is 25.1 Å². The van der Waals surface area contributed by atoms with Gasteiger partial charge in [-0.15, -0.1) is 0 Å². The third-order valence-electron chi connectivity index (χ3n) is 5.14. The fraction of sp³-hybridized carbons (Fsp3) is 0.360. The van der Waals surface area contributed by atoms with Crippen molar-refractivity contribution < 1.29 is 23.9 Å². The van der Waals surface area contributed by atoms with Gasteiger partial charge in [0.2, 0.25) is 5.91 Å². The van der Waals surface area contributed by atoms with Gasteiger partial charge < -0.3 is 19.7 Å². The van der Waals surface area contributed by atoms with Crippen molar-refractivity contribution in [3.05, 3.63) is 65.7 Å². The first kappa shape index (κ1) is 25.2. The molecule has 0 aliphatic carbocycles. The van der Waals surface area contributed by atoms with Gasteiger partial charge in [-0.05, 0) is 49.8 Å². The van der Waals surface area contributed by atoms with Crippen molar-refractivity contribution in [2.75, 3.05) is 19.7 Å². The quantitative estimate of drug-likeness (QED) is 0.440. The Bertz CT molecular complexity index is 1030. The van der Waals surface area contributed by atoms with E-state index in [2.05, 4.69) is 10.6 Å². The fourth-order valence-electron chi connectivity index (χ4n) is 3.53. The van der Waals surface area contributed by atoms with Crippen LogP contribution in [0.5, 0.6) is 5.75 Å². The van der Waals surface area contributed by atoms with Gasteiger partial charge in [0.25, 0.3) is 5.91 Å². The van der Waals surface area contributed by atoms with E-state index in [1.807, 2.05) is 44.2 Å². The molecule has 180 valence electrons. The largest absolute Gasteiger partial charge is 0.491 e. The number of nitrogens with zero attached hydrogens (tertiary/aromatic N) is 1. The van der Waals surface area contributed by atoms with Crippen molar-refractivity contribution in [1.29, 1.82) is 0 Å². The van der Waals surface area contributed by atoms with Gasteiger partial charge >= 0.3 is 5.97 Å². The number of hydrogen-bond donors (Lipinski definition) is 2. The smallest absolute Gasteiger partial charge is 0.308 e. The molecule has 8 nitrogen and oxygen atoms in total. The predicted molar refractivity (Wildman–Crippen MR) is 131 cm³/mol. The Morgan fingerprint density at radius 3 is 2.68 bits per heavy atom. The van der Waals surface area contributed by atoms with Crippen molar-refractivity contribution in [3.8, 4) is 5.75 Å². The van der Waals surface area contributed by atoms with E-state index in [1.54, 1.807) is 29.2 Å². The average Bonchev–Trinajstić information content (AvgIpc) is 2.80. The molecule has 1 saturated heterocycles. The van der Waals surface area contributed by atoms with E-state index in [-0.39, 0.29) is 30.2 Å². The Morgan fingerprint density at radius 2 is 1.94 bits per heavy atom. The summed E-state index contributed by atoms with van der Waals surface area (Å²) in [6.45, 7) is 4.73. The number of ether oxygens (including phenoxy) is 2. The molecule has 2 amide bonds. The van der Waals surface area contributed by atoms with E-state index in [1.165, 1.54) is 0 Å². The first-order chi connectivity index (χ1) is 16.3. The number of benzene rings is 2. The standard InChI is InChI=1S/C25H29N3O5S/c1-17(2)33-20-10-6-9-19(15-20)23(30)27-25(34)28-13-12-26-24(31)21(28)16-22(29)32-14-11-18-7-4-3-5-8-18/h3-10,15,17,21H,11-14,16H2,1-2H3,(H,26,31)(H,27,30,34). The highest BCUT2D eigenvalue weighted by Crippen LogP contribution is 2.16. The maximum absolute atomic E-state index is 12.7. The number of carbonyl (C=O) groups is 3. The molecule has 1 unspecified atom stereocenters. The van der Waals surface area contributed by atoms with Crippen LogP contribution in [0.3, 0.4) is 0 Å². The lowest BCUT2D eigenvalue weighted by Gasteiger charge is -2.36. The second-order valence-corrected chi connectivity index (χ2v) is 8.50. The molecule has 0 saturated carbocycles. The first-order valence-electron chi connectivity index (χ1n) is 11.2. The minimum atomic E-state index is -0.860. The molecule has 3 rings (SSSR count). The summed E-state index contributed by atoms with van der Waals surface area (Å²) >= 11 is 5.42. The van der Waals surface area contributed by atoms with Crippen molar-refractivity contribution in [1.82, 2.24) is 15.5 Å². The SMILES string of the molecule is CC(C)Oc1cccc(C(=O)NC(=S)N2CCNC(=O)C2CC(=O)OCCc2ccccc2)c1. The number of piperazine rings is 1. The highest BCUT2D eigenvalue weighted by molar-refractivity contribution is 7.80. The molecule has 0 bridgehead atoms. The predicted octanol–water partition coefficient (Wildman–Crippen LogP) is 2.46. The molecule has 1 aliphatic rings. The normalized spacial score (nSPS) is 15.4. The van der Waals surface area contributed by atoms with Crippen LogP contribution in [-0.2, 0) is 20.7 Å². The molecular formula is C25H29N3O5S. The van der Waals surface area contributed by atoms with E-state index < -0.39 is 17.9 Å². The minimum Gasteiger partial charge on any atom is -0.491 e. The van der Waals surface area contributed by atoms with E-state index in [9.17, 15) is 14.4 Å². The van der Waals surface area contributed by atoms with E-state index in [4.69, 9.17) is 21.7 Å². The third-order valence-corrected chi connectivity index (χ3v) is 5.47. The molecule has 2 aromatic rings. The van der Waals surface area contributed by atoms with Crippen molar-refractivity contribution in [3.63, 3.8) is 0 Å². The average molecular weight is 484 g/mol. The second-order valence-electron chi connectivity index (χ2n) is 8.11. The van der Waals surface area contributed by atoms with Crippen molar-refractivity contribution >= 4 is 35.1 Å². The number of nitrogens with one attached hydrogen (secondary N) is 2. The highest BCUT2D eigenvalue weighted by atomic mass is 32.1. The molecule has 2 aromatic carbocycles. The molecule has 34 heavy (non-hydrogen) atoms. The number of rotatable bonds is 8. The zero-order chi connectivity index (χ0) is 24.5. The monoisotopic (exact) mass is 483 g/mol. The highest BCUT2D eigenvalue weighted by Gasteiger charge is 2.34. The summed E-state index contributed by atoms with van der Waals surface area (Å²) < 4.78 is 11.0. The Kier molecular flexibility index (Phi) is 8.98. The molecule has 9 heteroatoms. The molecule has 1 aliphatic heterocycles. The van der Waals surface area contributed by atoms with Gasteiger partial charge in [0.1, 0.15) is 11.8 Å². The maximum atomic E-state index is 12.7. The van der Waals surface area contributed by atoms with Crippen LogP contribution < -0.4 is 15.4 Å². The van der Waals surface area contributed by atoms with Gasteiger partial charge in [-0.3, -0.25) is 19.7 Å². The summed E-state index contributed by atoms with van der Waals surface area (Å²) in [4.78, 5) is 39.2. The summed E-state index contributed by atoms with van der Waals surface area (Å²) in [7, 11) is 0. The Morgan fingerprint density at radius 1 is 1.18 bits per heavy atom. The maximum Gasteiger partial charge on any atom is 0.308 e.